The minimum atomic E-state index is -4.97. The van der Waals surface area contributed by atoms with Crippen LogP contribution in [0.2, 0.25) is 0 Å². The molecule has 0 amide bonds. The molecule has 0 rings (SSSR count). The molecule has 0 aliphatic carbocycles. The molecule has 3 unspecified atom stereocenters. The van der Waals surface area contributed by atoms with Crippen molar-refractivity contribution >= 4 is 39.5 Å². The van der Waals surface area contributed by atoms with Gasteiger partial charge in [-0.3, -0.25) is 37.3 Å². The molecule has 0 bridgehead atoms. The Morgan fingerprint density at radius 2 is 0.486 bits per heavy atom. The van der Waals surface area contributed by atoms with Crippen LogP contribution in [0.4, 0.5) is 0 Å². The van der Waals surface area contributed by atoms with E-state index in [1.165, 1.54) is 257 Å². The SMILES string of the molecule is CCCCCCCCCCCCCCCC(=O)O[C@H](COC(=O)CCCCCCCCC(C)CC)COP(=O)(O)OC[C@H](O)COP(=O)(O)OC[C@@H](COC(=O)CCCCCCCCCCCCCCCCCCCCC(C)C)OC(=O)CCCCCCCCCCCCCCCCCCCCC(C)C. The minimum absolute atomic E-state index is 0.107. The molecule has 17 nitrogen and oxygen atoms in total. The molecular weight excluding hydrogens is 1370 g/mol. The first-order valence-corrected chi connectivity index (χ1v) is 47.4. The van der Waals surface area contributed by atoms with Gasteiger partial charge in [0.25, 0.3) is 0 Å². The van der Waals surface area contributed by atoms with Crippen LogP contribution in [0.5, 0.6) is 0 Å². The summed E-state index contributed by atoms with van der Waals surface area (Å²) in [6, 6.07) is 0. The Morgan fingerprint density at radius 1 is 0.276 bits per heavy atom. The standard InChI is InChI=1S/C86H168O17P2/c1-8-10-11-12-13-14-15-28-36-41-46-55-62-69-86(91)103-82(74-97-84(89)68-61-54-49-48-52-59-66-79(7)9-2)76-101-105(94,95)99-72-80(87)71-98-104(92,93)100-75-81(102-85(90)70-63-56-47-42-37-32-27-23-19-17-21-25-30-34-39-44-51-58-65-78(5)6)73-96-83(88)67-60-53-45-40-35-31-26-22-18-16-20-24-29-33-38-43-50-57-64-77(3)4/h77-82,87H,8-76H2,1-7H3,(H,92,93)(H,94,95)/t79?,80-,81-,82-/m1/s1. The van der Waals surface area contributed by atoms with E-state index in [1.807, 2.05) is 0 Å². The molecule has 624 valence electrons. The molecule has 3 N–H and O–H groups in total. The van der Waals surface area contributed by atoms with Crippen LogP contribution in [0, 0.1) is 17.8 Å². The fourth-order valence-electron chi connectivity index (χ4n) is 13.3. The van der Waals surface area contributed by atoms with E-state index in [4.69, 9.17) is 37.0 Å². The summed E-state index contributed by atoms with van der Waals surface area (Å²) < 4.78 is 68.8. The highest BCUT2D eigenvalue weighted by molar-refractivity contribution is 7.47. The molecule has 0 aromatic rings. The first kappa shape index (κ1) is 103. The Morgan fingerprint density at radius 3 is 0.724 bits per heavy atom. The molecule has 0 spiro atoms. The van der Waals surface area contributed by atoms with Crippen molar-refractivity contribution in [2.24, 2.45) is 17.8 Å². The van der Waals surface area contributed by atoms with Crippen molar-refractivity contribution in [3.8, 4) is 0 Å². The smallest absolute Gasteiger partial charge is 0.462 e. The summed E-state index contributed by atoms with van der Waals surface area (Å²) in [7, 11) is -9.93. The average molecular weight is 1540 g/mol. The summed E-state index contributed by atoms with van der Waals surface area (Å²) in [6.07, 6.45) is 66.8. The Balaban J connectivity index is 5.21. The molecule has 19 heteroatoms. The fraction of sp³-hybridized carbons (Fsp3) is 0.953. The number of ether oxygens (including phenoxy) is 4. The summed E-state index contributed by atoms with van der Waals surface area (Å²) >= 11 is 0. The van der Waals surface area contributed by atoms with Gasteiger partial charge in [0.1, 0.15) is 19.3 Å². The highest BCUT2D eigenvalue weighted by Gasteiger charge is 2.30. The molecule has 105 heavy (non-hydrogen) atoms. The lowest BCUT2D eigenvalue weighted by molar-refractivity contribution is -0.161. The lowest BCUT2D eigenvalue weighted by Gasteiger charge is -2.21. The van der Waals surface area contributed by atoms with Crippen LogP contribution in [-0.4, -0.2) is 96.7 Å². The molecule has 0 heterocycles. The van der Waals surface area contributed by atoms with Crippen LogP contribution in [0.1, 0.15) is 453 Å². The van der Waals surface area contributed by atoms with E-state index in [0.717, 1.165) is 114 Å². The normalized spacial score (nSPS) is 14.1. The van der Waals surface area contributed by atoms with Crippen molar-refractivity contribution < 1.29 is 80.2 Å². The van der Waals surface area contributed by atoms with Crippen molar-refractivity contribution in [2.45, 2.75) is 471 Å². The van der Waals surface area contributed by atoms with E-state index < -0.39 is 97.5 Å². The maximum atomic E-state index is 13.1. The van der Waals surface area contributed by atoms with E-state index in [0.29, 0.717) is 25.7 Å². The minimum Gasteiger partial charge on any atom is -0.462 e. The van der Waals surface area contributed by atoms with Gasteiger partial charge in [-0.05, 0) is 43.4 Å². The van der Waals surface area contributed by atoms with Gasteiger partial charge >= 0.3 is 39.5 Å². The Labute approximate surface area is 645 Å². The number of phosphoric ester groups is 2. The molecule has 0 aliphatic rings. The Bertz CT molecular complexity index is 2030. The summed E-state index contributed by atoms with van der Waals surface area (Å²) in [6.45, 7) is 12.0. The second-order valence-corrected chi connectivity index (χ2v) is 35.0. The quantitative estimate of drug-likeness (QED) is 0.0222. The Hall–Kier alpha value is -1.94. The van der Waals surface area contributed by atoms with Gasteiger partial charge in [0, 0.05) is 25.7 Å². The number of rotatable bonds is 84. The number of hydrogen-bond donors (Lipinski definition) is 3. The predicted molar refractivity (Wildman–Crippen MR) is 432 cm³/mol. The molecule has 6 atom stereocenters. The van der Waals surface area contributed by atoms with E-state index in [-0.39, 0.29) is 25.7 Å². The predicted octanol–water partition coefficient (Wildman–Crippen LogP) is 26.1. The van der Waals surface area contributed by atoms with Crippen LogP contribution >= 0.6 is 15.6 Å². The highest BCUT2D eigenvalue weighted by Crippen LogP contribution is 2.45. The third kappa shape index (κ3) is 78.5. The molecule has 0 saturated heterocycles. The third-order valence-corrected chi connectivity index (χ3v) is 22.4. The zero-order valence-electron chi connectivity index (χ0n) is 69.2. The maximum absolute atomic E-state index is 13.1. The number of hydrogen-bond acceptors (Lipinski definition) is 15. The average Bonchev–Trinajstić information content (AvgIpc) is 0.914. The van der Waals surface area contributed by atoms with Crippen LogP contribution in [0.25, 0.3) is 0 Å². The van der Waals surface area contributed by atoms with Crippen LogP contribution in [0.3, 0.4) is 0 Å². The number of aliphatic hydroxyl groups is 1. The molecule has 0 saturated carbocycles. The van der Waals surface area contributed by atoms with E-state index in [2.05, 4.69) is 48.5 Å². The van der Waals surface area contributed by atoms with Gasteiger partial charge in [0.15, 0.2) is 12.2 Å². The van der Waals surface area contributed by atoms with Crippen molar-refractivity contribution in [3.63, 3.8) is 0 Å². The number of phosphoric acid groups is 2. The fourth-order valence-corrected chi connectivity index (χ4v) is 14.9. The largest absolute Gasteiger partial charge is 0.472 e. The lowest BCUT2D eigenvalue weighted by atomic mass is 10.00. The number of carbonyl (C=O) groups is 4. The van der Waals surface area contributed by atoms with Gasteiger partial charge < -0.3 is 33.8 Å². The molecule has 0 aromatic heterocycles. The van der Waals surface area contributed by atoms with E-state index >= 15 is 0 Å². The molecule has 0 radical (unpaired) electrons. The summed E-state index contributed by atoms with van der Waals surface area (Å²) in [5.74, 6) is 0.269. The zero-order valence-corrected chi connectivity index (χ0v) is 71.0. The number of carbonyl (C=O) groups excluding carboxylic acids is 4. The van der Waals surface area contributed by atoms with Crippen LogP contribution < -0.4 is 0 Å². The number of aliphatic hydroxyl groups excluding tert-OH is 1. The molecule has 0 aromatic carbocycles. The molecule has 0 fully saturated rings. The van der Waals surface area contributed by atoms with Crippen molar-refractivity contribution in [1.82, 2.24) is 0 Å². The monoisotopic (exact) mass is 1540 g/mol. The lowest BCUT2D eigenvalue weighted by Crippen LogP contribution is -2.30. The topological polar surface area (TPSA) is 237 Å². The van der Waals surface area contributed by atoms with Gasteiger partial charge in [0.2, 0.25) is 0 Å². The van der Waals surface area contributed by atoms with Gasteiger partial charge in [-0.1, -0.05) is 402 Å². The number of unbranched alkanes of at least 4 members (excludes halogenated alkanes) is 51. The van der Waals surface area contributed by atoms with Crippen molar-refractivity contribution in [2.75, 3.05) is 39.6 Å². The first-order chi connectivity index (χ1) is 50.8. The number of esters is 4. The van der Waals surface area contributed by atoms with Crippen LogP contribution in [0.15, 0.2) is 0 Å². The summed E-state index contributed by atoms with van der Waals surface area (Å²) in [5.41, 5.74) is 0. The van der Waals surface area contributed by atoms with E-state index in [9.17, 15) is 43.2 Å². The Kier molecular flexibility index (Phi) is 74.7. The molecular formula is C86H168O17P2. The van der Waals surface area contributed by atoms with Crippen molar-refractivity contribution in [3.05, 3.63) is 0 Å². The van der Waals surface area contributed by atoms with Crippen molar-refractivity contribution in [1.29, 1.82) is 0 Å². The highest BCUT2D eigenvalue weighted by atomic mass is 31.2. The van der Waals surface area contributed by atoms with Gasteiger partial charge in [-0.2, -0.15) is 0 Å². The zero-order chi connectivity index (χ0) is 77.2. The second-order valence-electron chi connectivity index (χ2n) is 32.1. The molecule has 0 aliphatic heterocycles. The van der Waals surface area contributed by atoms with Gasteiger partial charge in [-0.15, -0.1) is 0 Å². The summed E-state index contributed by atoms with van der Waals surface area (Å²) in [4.78, 5) is 73.2. The third-order valence-electron chi connectivity index (χ3n) is 20.5. The van der Waals surface area contributed by atoms with Gasteiger partial charge in [0.05, 0.1) is 26.4 Å². The van der Waals surface area contributed by atoms with Gasteiger partial charge in [-0.25, -0.2) is 9.13 Å². The maximum Gasteiger partial charge on any atom is 0.472 e. The second kappa shape index (κ2) is 76.1. The summed E-state index contributed by atoms with van der Waals surface area (Å²) in [5, 5.41) is 10.7. The van der Waals surface area contributed by atoms with Crippen LogP contribution in [-0.2, 0) is 65.4 Å². The first-order valence-electron chi connectivity index (χ1n) is 44.4. The van der Waals surface area contributed by atoms with E-state index in [1.54, 1.807) is 0 Å².